The van der Waals surface area contributed by atoms with Crippen LogP contribution in [0.3, 0.4) is 0 Å². The molecule has 0 radical (unpaired) electrons. The van der Waals surface area contributed by atoms with Crippen LogP contribution < -0.4 is 5.32 Å². The van der Waals surface area contributed by atoms with E-state index < -0.39 is 0 Å². The van der Waals surface area contributed by atoms with Crippen molar-refractivity contribution in [1.82, 2.24) is 15.1 Å². The van der Waals surface area contributed by atoms with Gasteiger partial charge in [-0.25, -0.2) is 0 Å². The van der Waals surface area contributed by atoms with Gasteiger partial charge in [0.15, 0.2) is 5.96 Å². The predicted molar refractivity (Wildman–Crippen MR) is 101 cm³/mol. The average Bonchev–Trinajstić information content (AvgIpc) is 3.13. The van der Waals surface area contributed by atoms with Crippen LogP contribution in [0.5, 0.6) is 0 Å². The van der Waals surface area contributed by atoms with Crippen LogP contribution in [0.4, 0.5) is 0 Å². The van der Waals surface area contributed by atoms with E-state index in [0.717, 1.165) is 70.0 Å². The van der Waals surface area contributed by atoms with Gasteiger partial charge in [0.2, 0.25) is 0 Å². The minimum absolute atomic E-state index is 0.179. The smallest absolute Gasteiger partial charge is 0.193 e. The number of aliphatic imine (C=N–C) groups is 1. The van der Waals surface area contributed by atoms with Gasteiger partial charge >= 0.3 is 0 Å². The maximum absolute atomic E-state index is 5.95. The second-order valence-corrected chi connectivity index (χ2v) is 8.09. The van der Waals surface area contributed by atoms with Gasteiger partial charge in [-0.1, -0.05) is 13.8 Å². The molecule has 1 N–H and O–H groups in total. The summed E-state index contributed by atoms with van der Waals surface area (Å²) < 4.78 is 11.8. The van der Waals surface area contributed by atoms with Gasteiger partial charge in [-0.2, -0.15) is 0 Å². The summed E-state index contributed by atoms with van der Waals surface area (Å²) in [5.74, 6) is 2.63. The molecular weight excluding hydrogens is 316 g/mol. The van der Waals surface area contributed by atoms with Crippen molar-refractivity contribution in [2.45, 2.75) is 45.3 Å². The lowest BCUT2D eigenvalue weighted by Gasteiger charge is -2.38. The Bertz CT molecular complexity index is 429. The average molecular weight is 353 g/mol. The van der Waals surface area contributed by atoms with Gasteiger partial charge < -0.3 is 24.6 Å². The molecule has 3 aliphatic rings. The Labute approximate surface area is 152 Å². The van der Waals surface area contributed by atoms with Crippen molar-refractivity contribution in [1.29, 1.82) is 0 Å². The molecule has 144 valence electrons. The van der Waals surface area contributed by atoms with E-state index in [9.17, 15) is 0 Å². The molecule has 0 aromatic carbocycles. The number of hydrogen-bond donors (Lipinski definition) is 1. The van der Waals surface area contributed by atoms with E-state index in [1.165, 1.54) is 19.5 Å². The first-order valence-corrected chi connectivity index (χ1v) is 10.1. The van der Waals surface area contributed by atoms with Crippen LogP contribution >= 0.6 is 0 Å². The topological polar surface area (TPSA) is 49.3 Å². The van der Waals surface area contributed by atoms with E-state index in [1.54, 1.807) is 0 Å². The largest absolute Gasteiger partial charge is 0.375 e. The van der Waals surface area contributed by atoms with Crippen LogP contribution in [0.2, 0.25) is 0 Å². The van der Waals surface area contributed by atoms with E-state index in [2.05, 4.69) is 34.0 Å². The number of rotatable bonds is 4. The van der Waals surface area contributed by atoms with Crippen molar-refractivity contribution in [3.63, 3.8) is 0 Å². The molecule has 0 spiro atoms. The highest BCUT2D eigenvalue weighted by molar-refractivity contribution is 5.80. The van der Waals surface area contributed by atoms with E-state index in [1.807, 2.05) is 7.05 Å². The minimum Gasteiger partial charge on any atom is -0.375 e. The van der Waals surface area contributed by atoms with E-state index in [-0.39, 0.29) is 12.2 Å². The molecule has 3 saturated heterocycles. The van der Waals surface area contributed by atoms with Crippen molar-refractivity contribution in [3.8, 4) is 0 Å². The third-order valence-electron chi connectivity index (χ3n) is 5.64. The molecule has 0 amide bonds. The minimum atomic E-state index is 0.179. The Morgan fingerprint density at radius 3 is 2.52 bits per heavy atom. The third-order valence-corrected chi connectivity index (χ3v) is 5.64. The Balaban J connectivity index is 1.44. The first kappa shape index (κ1) is 18.9. The summed E-state index contributed by atoms with van der Waals surface area (Å²) in [6.07, 6.45) is 4.08. The molecule has 3 aliphatic heterocycles. The van der Waals surface area contributed by atoms with E-state index in [0.29, 0.717) is 0 Å². The second-order valence-electron chi connectivity index (χ2n) is 8.09. The van der Waals surface area contributed by atoms with Crippen LogP contribution in [0, 0.1) is 11.8 Å². The van der Waals surface area contributed by atoms with Crippen LogP contribution in [-0.4, -0.2) is 87.5 Å². The van der Waals surface area contributed by atoms with Crippen LogP contribution in [-0.2, 0) is 9.47 Å². The highest BCUT2D eigenvalue weighted by atomic mass is 16.5. The van der Waals surface area contributed by atoms with Gasteiger partial charge in [-0.3, -0.25) is 4.99 Å². The highest BCUT2D eigenvalue weighted by Gasteiger charge is 2.32. The van der Waals surface area contributed by atoms with E-state index >= 15 is 0 Å². The summed E-state index contributed by atoms with van der Waals surface area (Å²) >= 11 is 0. The number of hydrogen-bond acceptors (Lipinski definition) is 4. The zero-order valence-corrected chi connectivity index (χ0v) is 16.2. The van der Waals surface area contributed by atoms with Crippen molar-refractivity contribution in [3.05, 3.63) is 0 Å². The van der Waals surface area contributed by atoms with Gasteiger partial charge in [0.25, 0.3) is 0 Å². The number of ether oxygens (including phenoxy) is 2. The first-order chi connectivity index (χ1) is 12.2. The van der Waals surface area contributed by atoms with Crippen molar-refractivity contribution < 1.29 is 9.47 Å². The van der Waals surface area contributed by atoms with E-state index in [4.69, 9.17) is 9.47 Å². The number of nitrogens with zero attached hydrogens (tertiary/aromatic N) is 3. The molecule has 3 heterocycles. The Hall–Kier alpha value is -0.850. The fraction of sp³-hybridized carbons (Fsp3) is 0.947. The summed E-state index contributed by atoms with van der Waals surface area (Å²) in [4.78, 5) is 9.42. The normalized spacial score (nSPS) is 35.2. The molecule has 0 aromatic heterocycles. The zero-order chi connectivity index (χ0) is 17.6. The summed E-state index contributed by atoms with van der Waals surface area (Å²) in [5.41, 5.74) is 0. The molecule has 3 fully saturated rings. The van der Waals surface area contributed by atoms with Gasteiger partial charge in [-0.05, 0) is 31.1 Å². The van der Waals surface area contributed by atoms with Crippen molar-refractivity contribution >= 4 is 5.96 Å². The third kappa shape index (κ3) is 5.31. The molecule has 6 heteroatoms. The van der Waals surface area contributed by atoms with Gasteiger partial charge in [0.1, 0.15) is 6.10 Å². The summed E-state index contributed by atoms with van der Waals surface area (Å²) in [6.45, 7) is 12.6. The molecule has 0 bridgehead atoms. The van der Waals surface area contributed by atoms with Gasteiger partial charge in [0.05, 0.1) is 12.7 Å². The maximum Gasteiger partial charge on any atom is 0.193 e. The van der Waals surface area contributed by atoms with Gasteiger partial charge in [0, 0.05) is 52.9 Å². The molecule has 6 nitrogen and oxygen atoms in total. The zero-order valence-electron chi connectivity index (χ0n) is 16.2. The number of nitrogens with one attached hydrogen (secondary N) is 1. The maximum atomic E-state index is 5.95. The number of guanidine groups is 1. The monoisotopic (exact) mass is 352 g/mol. The second kappa shape index (κ2) is 9.19. The molecule has 0 saturated carbocycles. The fourth-order valence-electron chi connectivity index (χ4n) is 4.62. The molecule has 4 unspecified atom stereocenters. The van der Waals surface area contributed by atoms with Gasteiger partial charge in [-0.15, -0.1) is 0 Å². The Morgan fingerprint density at radius 1 is 1.08 bits per heavy atom. The summed E-state index contributed by atoms with van der Waals surface area (Å²) in [7, 11) is 1.88. The standard InChI is InChI=1S/C19H36N4O2/c1-15-11-16(2)13-22(12-15)7-6-21-19(20-3)23-8-10-25-18(14-23)17-5-4-9-24-17/h15-18H,4-14H2,1-3H3,(H,20,21). The number of likely N-dealkylation sites (tertiary alicyclic amines) is 1. The molecule has 25 heavy (non-hydrogen) atoms. The lowest BCUT2D eigenvalue weighted by Crippen LogP contribution is -2.54. The number of morpholine rings is 1. The molecular formula is C19H36N4O2. The summed E-state index contributed by atoms with van der Waals surface area (Å²) in [6, 6.07) is 0. The predicted octanol–water partition coefficient (Wildman–Crippen LogP) is 1.42. The SMILES string of the molecule is CN=C(NCCN1CC(C)CC(C)C1)N1CCOC(C2CCCO2)C1. The van der Waals surface area contributed by atoms with Crippen LogP contribution in [0.1, 0.15) is 33.1 Å². The number of piperidine rings is 1. The molecule has 3 rings (SSSR count). The lowest BCUT2D eigenvalue weighted by molar-refractivity contribution is -0.0817. The van der Waals surface area contributed by atoms with Crippen LogP contribution in [0.15, 0.2) is 4.99 Å². The summed E-state index contributed by atoms with van der Waals surface area (Å²) in [5, 5.41) is 3.57. The Kier molecular flexibility index (Phi) is 6.96. The highest BCUT2D eigenvalue weighted by Crippen LogP contribution is 2.21. The fourth-order valence-corrected chi connectivity index (χ4v) is 4.62. The van der Waals surface area contributed by atoms with Crippen molar-refractivity contribution in [2.24, 2.45) is 16.8 Å². The lowest BCUT2D eigenvalue weighted by atomic mass is 9.92. The molecule has 0 aromatic rings. The molecule has 0 aliphatic carbocycles. The van der Waals surface area contributed by atoms with Crippen molar-refractivity contribution in [2.75, 3.05) is 59.5 Å². The Morgan fingerprint density at radius 2 is 1.84 bits per heavy atom. The molecule has 4 atom stereocenters. The quantitative estimate of drug-likeness (QED) is 0.613. The van der Waals surface area contributed by atoms with Crippen LogP contribution in [0.25, 0.3) is 0 Å². The first-order valence-electron chi connectivity index (χ1n) is 10.1.